The van der Waals surface area contributed by atoms with Gasteiger partial charge >= 0.3 is 0 Å². The van der Waals surface area contributed by atoms with Crippen LogP contribution >= 0.6 is 0 Å². The van der Waals surface area contributed by atoms with Gasteiger partial charge in [0.15, 0.2) is 5.82 Å². The summed E-state index contributed by atoms with van der Waals surface area (Å²) in [5.74, 6) is 0.122. The predicted octanol–water partition coefficient (Wildman–Crippen LogP) is 3.12. The van der Waals surface area contributed by atoms with Gasteiger partial charge in [-0.2, -0.15) is 0 Å². The SMILES string of the molecule is Cc1cc(NC(=O)c2cc(C(=O)NC(C)c3ccccc3)ccn2)no1. The number of nitrogens with one attached hydrogen (secondary N) is 2. The van der Waals surface area contributed by atoms with E-state index in [-0.39, 0.29) is 17.6 Å². The average Bonchev–Trinajstić information content (AvgIpc) is 3.07. The van der Waals surface area contributed by atoms with Crippen LogP contribution in [0.25, 0.3) is 0 Å². The molecule has 7 nitrogen and oxygen atoms in total. The minimum absolute atomic E-state index is 0.116. The van der Waals surface area contributed by atoms with E-state index in [2.05, 4.69) is 20.8 Å². The topological polar surface area (TPSA) is 97.1 Å². The molecule has 132 valence electrons. The van der Waals surface area contributed by atoms with Crippen LogP contribution in [0.4, 0.5) is 5.82 Å². The molecule has 2 aromatic heterocycles. The van der Waals surface area contributed by atoms with Gasteiger partial charge in [-0.3, -0.25) is 14.6 Å². The third-order valence-electron chi connectivity index (χ3n) is 3.77. The number of pyridine rings is 1. The van der Waals surface area contributed by atoms with Crippen molar-refractivity contribution >= 4 is 17.6 Å². The second-order valence-electron chi connectivity index (χ2n) is 5.81. The van der Waals surface area contributed by atoms with Crippen LogP contribution in [0, 0.1) is 6.92 Å². The quantitative estimate of drug-likeness (QED) is 0.737. The van der Waals surface area contributed by atoms with Crippen LogP contribution in [0.3, 0.4) is 0 Å². The van der Waals surface area contributed by atoms with Crippen molar-refractivity contribution in [3.8, 4) is 0 Å². The van der Waals surface area contributed by atoms with Gasteiger partial charge in [-0.15, -0.1) is 0 Å². The Hall–Kier alpha value is -3.48. The van der Waals surface area contributed by atoms with Crippen LogP contribution in [0.2, 0.25) is 0 Å². The lowest BCUT2D eigenvalue weighted by molar-refractivity contribution is 0.0939. The van der Waals surface area contributed by atoms with Gasteiger partial charge in [-0.25, -0.2) is 0 Å². The summed E-state index contributed by atoms with van der Waals surface area (Å²) >= 11 is 0. The second-order valence-corrected chi connectivity index (χ2v) is 5.81. The molecule has 7 heteroatoms. The van der Waals surface area contributed by atoms with Crippen molar-refractivity contribution in [2.75, 3.05) is 5.32 Å². The molecule has 1 unspecified atom stereocenters. The number of anilines is 1. The monoisotopic (exact) mass is 350 g/mol. The fourth-order valence-corrected chi connectivity index (χ4v) is 2.41. The van der Waals surface area contributed by atoms with Crippen LogP contribution in [0.5, 0.6) is 0 Å². The molecule has 1 atom stereocenters. The summed E-state index contributed by atoms with van der Waals surface area (Å²) in [6, 6.07) is 14.1. The summed E-state index contributed by atoms with van der Waals surface area (Å²) in [5, 5.41) is 9.18. The summed E-state index contributed by atoms with van der Waals surface area (Å²) in [7, 11) is 0. The largest absolute Gasteiger partial charge is 0.360 e. The Labute approximate surface area is 150 Å². The summed E-state index contributed by atoms with van der Waals surface area (Å²) in [6.07, 6.45) is 1.42. The number of aryl methyl sites for hydroxylation is 1. The standard InChI is InChI=1S/C19H18N4O3/c1-12-10-17(23-26-12)22-19(25)16-11-15(8-9-20-16)18(24)21-13(2)14-6-4-3-5-7-14/h3-11,13H,1-2H3,(H,21,24)(H,22,23,25). The van der Waals surface area contributed by atoms with Crippen molar-refractivity contribution in [3.05, 3.63) is 77.3 Å². The van der Waals surface area contributed by atoms with Crippen molar-refractivity contribution < 1.29 is 14.1 Å². The van der Waals surface area contributed by atoms with E-state index in [0.29, 0.717) is 17.1 Å². The molecule has 0 aliphatic rings. The van der Waals surface area contributed by atoms with Crippen molar-refractivity contribution in [3.63, 3.8) is 0 Å². The Bertz CT molecular complexity index is 921. The van der Waals surface area contributed by atoms with Gasteiger partial charge in [0, 0.05) is 17.8 Å². The van der Waals surface area contributed by atoms with Crippen LogP contribution in [0.15, 0.2) is 59.3 Å². The highest BCUT2D eigenvalue weighted by Gasteiger charge is 2.15. The third-order valence-corrected chi connectivity index (χ3v) is 3.77. The number of rotatable bonds is 5. The minimum Gasteiger partial charge on any atom is -0.360 e. The van der Waals surface area contributed by atoms with Crippen LogP contribution in [-0.2, 0) is 0 Å². The first-order valence-electron chi connectivity index (χ1n) is 8.09. The maximum absolute atomic E-state index is 12.5. The molecule has 26 heavy (non-hydrogen) atoms. The minimum atomic E-state index is -0.468. The number of amides is 2. The summed E-state index contributed by atoms with van der Waals surface area (Å²) in [5.41, 5.74) is 1.46. The van der Waals surface area contributed by atoms with E-state index in [1.165, 1.54) is 12.3 Å². The van der Waals surface area contributed by atoms with Crippen molar-refractivity contribution in [2.45, 2.75) is 19.9 Å². The molecular weight excluding hydrogens is 332 g/mol. The molecule has 0 radical (unpaired) electrons. The number of nitrogens with zero attached hydrogens (tertiary/aromatic N) is 2. The number of aromatic nitrogens is 2. The maximum Gasteiger partial charge on any atom is 0.275 e. The highest BCUT2D eigenvalue weighted by Crippen LogP contribution is 2.13. The molecule has 3 aromatic rings. The lowest BCUT2D eigenvalue weighted by atomic mass is 10.1. The summed E-state index contributed by atoms with van der Waals surface area (Å²) in [4.78, 5) is 28.7. The number of carbonyl (C=O) groups is 2. The Morgan fingerprint density at radius 2 is 1.85 bits per heavy atom. The van der Waals surface area contributed by atoms with E-state index in [4.69, 9.17) is 4.52 Å². The van der Waals surface area contributed by atoms with Gasteiger partial charge in [0.05, 0.1) is 6.04 Å². The predicted molar refractivity (Wildman–Crippen MR) is 95.8 cm³/mol. The van der Waals surface area contributed by atoms with Gasteiger partial charge < -0.3 is 15.2 Å². The van der Waals surface area contributed by atoms with Crippen LogP contribution < -0.4 is 10.6 Å². The number of carbonyl (C=O) groups excluding carboxylic acids is 2. The van der Waals surface area contributed by atoms with E-state index >= 15 is 0 Å². The van der Waals surface area contributed by atoms with E-state index in [9.17, 15) is 9.59 Å². The highest BCUT2D eigenvalue weighted by molar-refractivity contribution is 6.04. The van der Waals surface area contributed by atoms with E-state index < -0.39 is 5.91 Å². The zero-order valence-electron chi connectivity index (χ0n) is 14.4. The summed E-state index contributed by atoms with van der Waals surface area (Å²) in [6.45, 7) is 3.62. The molecule has 2 heterocycles. The van der Waals surface area contributed by atoms with Crippen LogP contribution in [-0.4, -0.2) is 22.0 Å². The molecule has 0 fully saturated rings. The second kappa shape index (κ2) is 7.60. The fraction of sp³-hybridized carbons (Fsp3) is 0.158. The first-order valence-corrected chi connectivity index (χ1v) is 8.09. The molecule has 0 saturated carbocycles. The molecule has 0 saturated heterocycles. The zero-order valence-corrected chi connectivity index (χ0v) is 14.4. The van der Waals surface area contributed by atoms with Crippen molar-refractivity contribution in [1.82, 2.24) is 15.5 Å². The van der Waals surface area contributed by atoms with Gasteiger partial charge in [0.25, 0.3) is 11.8 Å². The lowest BCUT2D eigenvalue weighted by Gasteiger charge is -2.14. The third kappa shape index (κ3) is 4.13. The van der Waals surface area contributed by atoms with Crippen molar-refractivity contribution in [2.24, 2.45) is 0 Å². The average molecular weight is 350 g/mol. The molecule has 1 aromatic carbocycles. The maximum atomic E-state index is 12.5. The van der Waals surface area contributed by atoms with Gasteiger partial charge in [0.2, 0.25) is 0 Å². The Morgan fingerprint density at radius 3 is 2.54 bits per heavy atom. The molecule has 0 aliphatic heterocycles. The van der Waals surface area contributed by atoms with Crippen LogP contribution in [0.1, 0.15) is 45.1 Å². The normalized spacial score (nSPS) is 11.6. The highest BCUT2D eigenvalue weighted by atomic mass is 16.5. The number of benzene rings is 1. The van der Waals surface area contributed by atoms with E-state index in [1.807, 2.05) is 37.3 Å². The molecule has 0 aliphatic carbocycles. The number of hydrogen-bond acceptors (Lipinski definition) is 5. The van der Waals surface area contributed by atoms with Crippen molar-refractivity contribution in [1.29, 1.82) is 0 Å². The first-order chi connectivity index (χ1) is 12.5. The molecule has 0 bridgehead atoms. The van der Waals surface area contributed by atoms with Gasteiger partial charge in [0.1, 0.15) is 11.5 Å². The van der Waals surface area contributed by atoms with E-state index in [1.54, 1.807) is 19.1 Å². The Balaban J connectivity index is 1.70. The molecule has 3 rings (SSSR count). The lowest BCUT2D eigenvalue weighted by Crippen LogP contribution is -2.27. The van der Waals surface area contributed by atoms with Gasteiger partial charge in [-0.05, 0) is 31.5 Å². The summed E-state index contributed by atoms with van der Waals surface area (Å²) < 4.78 is 4.90. The molecule has 2 N–H and O–H groups in total. The molecule has 2 amide bonds. The smallest absolute Gasteiger partial charge is 0.275 e. The van der Waals surface area contributed by atoms with Gasteiger partial charge in [-0.1, -0.05) is 35.5 Å². The fourth-order valence-electron chi connectivity index (χ4n) is 2.41. The zero-order chi connectivity index (χ0) is 18.5. The number of hydrogen-bond donors (Lipinski definition) is 2. The Kier molecular flexibility index (Phi) is 5.07. The van der Waals surface area contributed by atoms with E-state index in [0.717, 1.165) is 5.56 Å². The molecule has 0 spiro atoms. The molecular formula is C19H18N4O3. The first kappa shape index (κ1) is 17.3. The Morgan fingerprint density at radius 1 is 1.08 bits per heavy atom.